The first-order chi connectivity index (χ1) is 13.6. The predicted octanol–water partition coefficient (Wildman–Crippen LogP) is 2.70. The van der Waals surface area contributed by atoms with E-state index in [1.165, 1.54) is 4.88 Å². The lowest BCUT2D eigenvalue weighted by Gasteiger charge is -2.36. The van der Waals surface area contributed by atoms with Gasteiger partial charge >= 0.3 is 0 Å². The molecule has 2 amide bonds. The van der Waals surface area contributed by atoms with Crippen molar-refractivity contribution < 1.29 is 14.3 Å². The highest BCUT2D eigenvalue weighted by atomic mass is 32.1. The van der Waals surface area contributed by atoms with Gasteiger partial charge in [-0.3, -0.25) is 9.59 Å². The van der Waals surface area contributed by atoms with E-state index in [-0.39, 0.29) is 29.8 Å². The van der Waals surface area contributed by atoms with Crippen LogP contribution in [0.4, 0.5) is 0 Å². The lowest BCUT2D eigenvalue weighted by atomic mass is 9.71. The van der Waals surface area contributed by atoms with E-state index in [4.69, 9.17) is 4.74 Å². The number of fused-ring (bicyclic) bond motifs is 2. The average molecular weight is 406 g/mol. The van der Waals surface area contributed by atoms with Gasteiger partial charge in [-0.05, 0) is 45.4 Å². The molecule has 3 saturated heterocycles. The number of thiazole rings is 1. The van der Waals surface area contributed by atoms with Crippen LogP contribution in [0.5, 0.6) is 0 Å². The molecular weight excluding hydrogens is 374 g/mol. The Morgan fingerprint density at radius 1 is 1.32 bits per heavy atom. The SMILES string of the molecule is CC[C@]1(C(=O)NCCc2scnc2C)C[C@H]2CC[C@@H]1N2C(=O)C1CCOCC1. The van der Waals surface area contributed by atoms with E-state index in [9.17, 15) is 9.59 Å². The van der Waals surface area contributed by atoms with Crippen LogP contribution < -0.4 is 5.32 Å². The minimum Gasteiger partial charge on any atom is -0.381 e. The number of hydrogen-bond donors (Lipinski definition) is 1. The molecule has 0 aliphatic carbocycles. The maximum atomic E-state index is 13.3. The molecule has 3 atom stereocenters. The standard InChI is InChI=1S/C21H31N3O3S/c1-3-21(20(26)22-9-6-17-14(2)23-13-28-17)12-16-4-5-18(21)24(16)19(25)15-7-10-27-11-8-15/h13,15-16,18H,3-12H2,1-2H3,(H,22,26)/t16-,18+,21+/m1/s1. The Kier molecular flexibility index (Phi) is 5.74. The second kappa shape index (κ2) is 8.11. The zero-order chi connectivity index (χ0) is 19.7. The molecule has 4 rings (SSSR count). The number of nitrogens with zero attached hydrogens (tertiary/aromatic N) is 2. The van der Waals surface area contributed by atoms with Crippen LogP contribution in [0.2, 0.25) is 0 Å². The van der Waals surface area contributed by atoms with E-state index in [1.54, 1.807) is 11.3 Å². The minimum absolute atomic E-state index is 0.0583. The van der Waals surface area contributed by atoms with Gasteiger partial charge in [0, 0.05) is 49.1 Å². The molecule has 2 bridgehead atoms. The van der Waals surface area contributed by atoms with Gasteiger partial charge in [-0.2, -0.15) is 0 Å². The fourth-order valence-electron chi connectivity index (χ4n) is 5.49. The van der Waals surface area contributed by atoms with Crippen molar-refractivity contribution in [3.63, 3.8) is 0 Å². The predicted molar refractivity (Wildman–Crippen MR) is 108 cm³/mol. The van der Waals surface area contributed by atoms with E-state index in [0.717, 1.165) is 50.6 Å². The summed E-state index contributed by atoms with van der Waals surface area (Å²) in [5.74, 6) is 0.468. The molecule has 3 aliphatic rings. The van der Waals surface area contributed by atoms with Crippen LogP contribution in [0.15, 0.2) is 5.51 Å². The number of carbonyl (C=O) groups excluding carboxylic acids is 2. The molecule has 4 heterocycles. The van der Waals surface area contributed by atoms with Crippen molar-refractivity contribution in [1.82, 2.24) is 15.2 Å². The van der Waals surface area contributed by atoms with Gasteiger partial charge in [-0.1, -0.05) is 6.92 Å². The van der Waals surface area contributed by atoms with E-state index < -0.39 is 5.41 Å². The van der Waals surface area contributed by atoms with Crippen LogP contribution in [0, 0.1) is 18.3 Å². The molecule has 3 fully saturated rings. The Hall–Kier alpha value is -1.47. The van der Waals surface area contributed by atoms with Crippen LogP contribution in [-0.2, 0) is 20.7 Å². The highest BCUT2D eigenvalue weighted by Gasteiger charge is 2.60. The minimum atomic E-state index is -0.424. The quantitative estimate of drug-likeness (QED) is 0.790. The fraction of sp³-hybridized carbons (Fsp3) is 0.762. The van der Waals surface area contributed by atoms with Crippen LogP contribution in [0.1, 0.15) is 56.0 Å². The van der Waals surface area contributed by atoms with Gasteiger partial charge in [0.05, 0.1) is 16.6 Å². The second-order valence-corrected chi connectivity index (χ2v) is 9.40. The maximum Gasteiger partial charge on any atom is 0.228 e. The summed E-state index contributed by atoms with van der Waals surface area (Å²) < 4.78 is 5.43. The fourth-order valence-corrected chi connectivity index (χ4v) is 6.27. The van der Waals surface area contributed by atoms with Gasteiger partial charge in [-0.15, -0.1) is 11.3 Å². The van der Waals surface area contributed by atoms with Crippen LogP contribution >= 0.6 is 11.3 Å². The molecule has 1 aromatic rings. The molecule has 154 valence electrons. The molecule has 0 unspecified atom stereocenters. The Morgan fingerprint density at radius 2 is 2.11 bits per heavy atom. The lowest BCUT2D eigenvalue weighted by Crippen LogP contribution is -2.51. The summed E-state index contributed by atoms with van der Waals surface area (Å²) in [4.78, 5) is 34.1. The number of aryl methyl sites for hydroxylation is 1. The summed E-state index contributed by atoms with van der Waals surface area (Å²) in [6.45, 7) is 6.10. The van der Waals surface area contributed by atoms with Crippen LogP contribution in [0.25, 0.3) is 0 Å². The first-order valence-corrected chi connectivity index (χ1v) is 11.5. The lowest BCUT2D eigenvalue weighted by molar-refractivity contribution is -0.142. The molecule has 3 aliphatic heterocycles. The van der Waals surface area contributed by atoms with E-state index >= 15 is 0 Å². The second-order valence-electron chi connectivity index (χ2n) is 8.46. The van der Waals surface area contributed by atoms with Crippen molar-refractivity contribution in [1.29, 1.82) is 0 Å². The van der Waals surface area contributed by atoms with Gasteiger partial charge in [0.15, 0.2) is 0 Å². The topological polar surface area (TPSA) is 71.5 Å². The van der Waals surface area contributed by atoms with Gasteiger partial charge in [0.2, 0.25) is 11.8 Å². The molecule has 1 N–H and O–H groups in total. The summed E-state index contributed by atoms with van der Waals surface area (Å²) in [5.41, 5.74) is 2.49. The average Bonchev–Trinajstić information content (AvgIpc) is 3.41. The van der Waals surface area contributed by atoms with Crippen LogP contribution in [0.3, 0.4) is 0 Å². The smallest absolute Gasteiger partial charge is 0.228 e. The number of hydrogen-bond acceptors (Lipinski definition) is 5. The van der Waals surface area contributed by atoms with Gasteiger partial charge in [0.1, 0.15) is 0 Å². The summed E-state index contributed by atoms with van der Waals surface area (Å²) in [7, 11) is 0. The van der Waals surface area contributed by atoms with E-state index in [2.05, 4.69) is 22.1 Å². The third-order valence-electron chi connectivity index (χ3n) is 7.13. The Bertz CT molecular complexity index is 730. The highest BCUT2D eigenvalue weighted by molar-refractivity contribution is 7.09. The normalized spacial score (nSPS) is 30.0. The number of nitrogens with one attached hydrogen (secondary N) is 1. The van der Waals surface area contributed by atoms with Crippen molar-refractivity contribution in [3.05, 3.63) is 16.1 Å². The van der Waals surface area contributed by atoms with Gasteiger partial charge in [-0.25, -0.2) is 4.98 Å². The Balaban J connectivity index is 1.42. The highest BCUT2D eigenvalue weighted by Crippen LogP contribution is 2.52. The summed E-state index contributed by atoms with van der Waals surface area (Å²) in [6, 6.07) is 0.290. The number of amides is 2. The molecule has 28 heavy (non-hydrogen) atoms. The number of rotatable bonds is 6. The van der Waals surface area contributed by atoms with Crippen molar-refractivity contribution >= 4 is 23.2 Å². The third kappa shape index (κ3) is 3.36. The first-order valence-electron chi connectivity index (χ1n) is 10.6. The van der Waals surface area contributed by atoms with Crippen molar-refractivity contribution in [2.45, 2.75) is 70.9 Å². The summed E-state index contributed by atoms with van der Waals surface area (Å²) in [5, 5.41) is 3.19. The molecule has 0 spiro atoms. The van der Waals surface area contributed by atoms with Crippen molar-refractivity contribution in [2.75, 3.05) is 19.8 Å². The summed E-state index contributed by atoms with van der Waals surface area (Å²) in [6.07, 6.45) is 6.04. The van der Waals surface area contributed by atoms with Crippen molar-refractivity contribution in [3.8, 4) is 0 Å². The van der Waals surface area contributed by atoms with Crippen LogP contribution in [-0.4, -0.2) is 53.5 Å². The van der Waals surface area contributed by atoms with Gasteiger partial charge < -0.3 is 15.0 Å². The Labute approximate surface area is 171 Å². The molecule has 6 nitrogen and oxygen atoms in total. The molecule has 7 heteroatoms. The third-order valence-corrected chi connectivity index (χ3v) is 8.13. The number of aromatic nitrogens is 1. The number of ether oxygens (including phenoxy) is 1. The largest absolute Gasteiger partial charge is 0.381 e. The molecule has 0 radical (unpaired) electrons. The Morgan fingerprint density at radius 3 is 2.79 bits per heavy atom. The van der Waals surface area contributed by atoms with E-state index in [1.807, 2.05) is 12.4 Å². The maximum absolute atomic E-state index is 13.3. The molecule has 0 aromatic carbocycles. The number of carbonyl (C=O) groups is 2. The molecule has 0 saturated carbocycles. The molecular formula is C21H31N3O3S. The zero-order valence-corrected chi connectivity index (χ0v) is 17.7. The first kappa shape index (κ1) is 19.8. The molecule has 1 aromatic heterocycles. The zero-order valence-electron chi connectivity index (χ0n) is 16.9. The van der Waals surface area contributed by atoms with E-state index in [0.29, 0.717) is 19.8 Å². The summed E-state index contributed by atoms with van der Waals surface area (Å²) >= 11 is 1.65. The van der Waals surface area contributed by atoms with Crippen molar-refractivity contribution in [2.24, 2.45) is 11.3 Å². The monoisotopic (exact) mass is 405 g/mol. The van der Waals surface area contributed by atoms with Gasteiger partial charge in [0.25, 0.3) is 0 Å².